The van der Waals surface area contributed by atoms with E-state index in [-0.39, 0.29) is 11.2 Å². The molecule has 26 heavy (non-hydrogen) atoms. The number of nitrogens with one attached hydrogen (secondary N) is 2. The Kier molecular flexibility index (Phi) is 8.65. The van der Waals surface area contributed by atoms with Crippen LogP contribution in [0.2, 0.25) is 0 Å². The van der Waals surface area contributed by atoms with E-state index < -0.39 is 9.84 Å². The van der Waals surface area contributed by atoms with Crippen molar-refractivity contribution in [3.05, 3.63) is 42.5 Å². The first kappa shape index (κ1) is 22.0. The molecule has 0 amide bonds. The number of ether oxygens (including phenoxy) is 1. The predicted molar refractivity (Wildman–Crippen MR) is 108 cm³/mol. The number of nitrogens with zero attached hydrogens (tertiary/aromatic N) is 1. The molecular weight excluding hydrogens is 350 g/mol. The van der Waals surface area contributed by atoms with Crippen molar-refractivity contribution in [3.63, 3.8) is 0 Å². The lowest BCUT2D eigenvalue weighted by Gasteiger charge is -2.26. The van der Waals surface area contributed by atoms with Crippen LogP contribution in [0.3, 0.4) is 0 Å². The van der Waals surface area contributed by atoms with Crippen molar-refractivity contribution in [1.29, 1.82) is 0 Å². The van der Waals surface area contributed by atoms with Gasteiger partial charge in [0.15, 0.2) is 5.96 Å². The highest BCUT2D eigenvalue weighted by atomic mass is 32.2. The second-order valence-electron chi connectivity index (χ2n) is 7.03. The van der Waals surface area contributed by atoms with Gasteiger partial charge in [-0.3, -0.25) is 4.99 Å². The molecule has 0 unspecified atom stereocenters. The van der Waals surface area contributed by atoms with Gasteiger partial charge in [0.25, 0.3) is 0 Å². The predicted octanol–water partition coefficient (Wildman–Crippen LogP) is 2.38. The third-order valence-electron chi connectivity index (χ3n) is 3.88. The number of para-hydroxylation sites is 1. The molecule has 6 nitrogen and oxygen atoms in total. The Hall–Kier alpha value is -2.02. The molecule has 0 fully saturated rings. The third-order valence-corrected chi connectivity index (χ3v) is 4.83. The molecule has 0 heterocycles. The number of hydrogen-bond acceptors (Lipinski definition) is 4. The van der Waals surface area contributed by atoms with Crippen molar-refractivity contribution in [2.24, 2.45) is 10.4 Å². The zero-order valence-corrected chi connectivity index (χ0v) is 17.0. The van der Waals surface area contributed by atoms with Crippen molar-refractivity contribution in [2.75, 3.05) is 32.2 Å². The average Bonchev–Trinajstić information content (AvgIpc) is 2.58. The molecule has 0 bridgehead atoms. The summed E-state index contributed by atoms with van der Waals surface area (Å²) in [7, 11) is -1.25. The summed E-state index contributed by atoms with van der Waals surface area (Å²) in [5.41, 5.74) is 0.861. The number of rotatable bonds is 10. The Morgan fingerprint density at radius 3 is 2.62 bits per heavy atom. The van der Waals surface area contributed by atoms with Crippen LogP contribution in [0.5, 0.6) is 5.75 Å². The zero-order valence-electron chi connectivity index (χ0n) is 16.2. The fourth-order valence-corrected chi connectivity index (χ4v) is 3.14. The number of guanidine groups is 1. The van der Waals surface area contributed by atoms with E-state index in [0.717, 1.165) is 11.3 Å². The van der Waals surface area contributed by atoms with Crippen molar-refractivity contribution >= 4 is 15.8 Å². The van der Waals surface area contributed by atoms with Crippen molar-refractivity contribution in [2.45, 2.75) is 26.8 Å². The summed E-state index contributed by atoms with van der Waals surface area (Å²) in [5, 5.41) is 6.53. The van der Waals surface area contributed by atoms with E-state index in [1.54, 1.807) is 13.1 Å². The molecule has 0 saturated carbocycles. The molecule has 0 aliphatic rings. The van der Waals surface area contributed by atoms with Gasteiger partial charge in [-0.05, 0) is 17.9 Å². The molecule has 1 aromatic carbocycles. The van der Waals surface area contributed by atoms with Gasteiger partial charge < -0.3 is 15.4 Å². The third kappa shape index (κ3) is 8.89. The second-order valence-corrected chi connectivity index (χ2v) is 9.29. The molecule has 0 atom stereocenters. The van der Waals surface area contributed by atoms with Crippen LogP contribution >= 0.6 is 0 Å². The molecule has 1 aromatic rings. The van der Waals surface area contributed by atoms with Crippen LogP contribution in [0.25, 0.3) is 0 Å². The van der Waals surface area contributed by atoms with Gasteiger partial charge in [0, 0.05) is 32.0 Å². The molecular formula is C19H31N3O3S. The van der Waals surface area contributed by atoms with Crippen LogP contribution in [-0.4, -0.2) is 46.6 Å². The maximum absolute atomic E-state index is 11.4. The molecule has 0 aromatic heterocycles. The fraction of sp³-hybridized carbons (Fsp3) is 0.526. The summed E-state index contributed by atoms with van der Waals surface area (Å²) in [5.74, 6) is 1.65. The van der Waals surface area contributed by atoms with Gasteiger partial charge in [0.1, 0.15) is 22.2 Å². The Morgan fingerprint density at radius 1 is 1.31 bits per heavy atom. The van der Waals surface area contributed by atoms with E-state index in [0.29, 0.717) is 32.1 Å². The van der Waals surface area contributed by atoms with Gasteiger partial charge in [0.05, 0.1) is 5.75 Å². The summed E-state index contributed by atoms with van der Waals surface area (Å²) in [4.78, 5) is 4.23. The van der Waals surface area contributed by atoms with Crippen LogP contribution in [0.1, 0.15) is 25.8 Å². The maximum atomic E-state index is 11.4. The molecule has 1 rings (SSSR count). The van der Waals surface area contributed by atoms with Gasteiger partial charge in [-0.2, -0.15) is 0 Å². The summed E-state index contributed by atoms with van der Waals surface area (Å²) >= 11 is 0. The molecule has 0 radical (unpaired) electrons. The van der Waals surface area contributed by atoms with Crippen LogP contribution in [0, 0.1) is 5.41 Å². The maximum Gasteiger partial charge on any atom is 0.191 e. The SMILES string of the molecule is C=CCOc1ccccc1CNC(=NC)NCC(C)(C)CCS(C)(=O)=O. The second kappa shape index (κ2) is 10.2. The Morgan fingerprint density at radius 2 is 2.00 bits per heavy atom. The Labute approximate surface area is 157 Å². The van der Waals surface area contributed by atoms with E-state index in [9.17, 15) is 8.42 Å². The van der Waals surface area contributed by atoms with Gasteiger partial charge in [-0.15, -0.1) is 0 Å². The van der Waals surface area contributed by atoms with Gasteiger partial charge in [0.2, 0.25) is 0 Å². The quantitative estimate of drug-likeness (QED) is 0.369. The molecule has 0 aliphatic heterocycles. The minimum atomic E-state index is -2.95. The van der Waals surface area contributed by atoms with E-state index in [1.165, 1.54) is 6.26 Å². The normalized spacial score (nSPS) is 12.5. The summed E-state index contributed by atoms with van der Waals surface area (Å²) in [6, 6.07) is 7.81. The summed E-state index contributed by atoms with van der Waals surface area (Å²) < 4.78 is 28.4. The van der Waals surface area contributed by atoms with Crippen LogP contribution in [-0.2, 0) is 16.4 Å². The van der Waals surface area contributed by atoms with Gasteiger partial charge in [-0.1, -0.05) is 44.7 Å². The lowest BCUT2D eigenvalue weighted by Crippen LogP contribution is -2.42. The molecule has 7 heteroatoms. The van der Waals surface area contributed by atoms with Crippen LogP contribution in [0.4, 0.5) is 0 Å². The Balaban J connectivity index is 2.57. The molecule has 0 aliphatic carbocycles. The highest BCUT2D eigenvalue weighted by Crippen LogP contribution is 2.20. The number of benzene rings is 1. The van der Waals surface area contributed by atoms with E-state index in [1.807, 2.05) is 38.1 Å². The smallest absolute Gasteiger partial charge is 0.191 e. The highest BCUT2D eigenvalue weighted by Gasteiger charge is 2.20. The van der Waals surface area contributed by atoms with Crippen molar-refractivity contribution < 1.29 is 13.2 Å². The molecule has 146 valence electrons. The van der Waals surface area contributed by atoms with Crippen LogP contribution in [0.15, 0.2) is 41.9 Å². The monoisotopic (exact) mass is 381 g/mol. The highest BCUT2D eigenvalue weighted by molar-refractivity contribution is 7.90. The fourth-order valence-electron chi connectivity index (χ4n) is 2.21. The minimum Gasteiger partial charge on any atom is -0.489 e. The first-order valence-corrected chi connectivity index (χ1v) is 10.7. The minimum absolute atomic E-state index is 0.161. The van der Waals surface area contributed by atoms with Crippen molar-refractivity contribution in [3.8, 4) is 5.75 Å². The lowest BCUT2D eigenvalue weighted by molar-refractivity contribution is 0.348. The summed E-state index contributed by atoms with van der Waals surface area (Å²) in [6.07, 6.45) is 3.57. The number of aliphatic imine (C=N–C) groups is 1. The molecule has 0 saturated heterocycles. The van der Waals surface area contributed by atoms with E-state index >= 15 is 0 Å². The van der Waals surface area contributed by atoms with E-state index in [2.05, 4.69) is 22.2 Å². The van der Waals surface area contributed by atoms with E-state index in [4.69, 9.17) is 4.74 Å². The molecule has 0 spiro atoms. The number of hydrogen-bond donors (Lipinski definition) is 2. The topological polar surface area (TPSA) is 79.8 Å². The molecule has 2 N–H and O–H groups in total. The zero-order chi connectivity index (χ0) is 19.6. The summed E-state index contributed by atoms with van der Waals surface area (Å²) in [6.45, 7) is 9.39. The largest absolute Gasteiger partial charge is 0.489 e. The van der Waals surface area contributed by atoms with Gasteiger partial charge >= 0.3 is 0 Å². The van der Waals surface area contributed by atoms with Crippen molar-refractivity contribution in [1.82, 2.24) is 10.6 Å². The van der Waals surface area contributed by atoms with Crippen LogP contribution < -0.4 is 15.4 Å². The lowest BCUT2D eigenvalue weighted by atomic mass is 9.90. The van der Waals surface area contributed by atoms with Gasteiger partial charge in [-0.25, -0.2) is 8.42 Å². The average molecular weight is 382 g/mol. The standard InChI is InChI=1S/C19H31N3O3S/c1-6-12-25-17-10-8-7-9-16(17)14-21-18(20-4)22-15-19(2,3)11-13-26(5,23)24/h6-10H,1,11-15H2,2-5H3,(H2,20,21,22). The Bertz CT molecular complexity index is 712. The first-order valence-electron chi connectivity index (χ1n) is 8.61. The number of sulfone groups is 1. The first-order chi connectivity index (χ1) is 12.2.